The third-order valence-electron chi connectivity index (χ3n) is 3.10. The summed E-state index contributed by atoms with van der Waals surface area (Å²) >= 11 is 0. The van der Waals surface area contributed by atoms with E-state index in [2.05, 4.69) is 10.3 Å². The van der Waals surface area contributed by atoms with Crippen molar-refractivity contribution in [2.24, 2.45) is 0 Å². The van der Waals surface area contributed by atoms with Gasteiger partial charge >= 0.3 is 0 Å². The zero-order valence-corrected chi connectivity index (χ0v) is 10.8. The van der Waals surface area contributed by atoms with Crippen molar-refractivity contribution in [3.8, 4) is 0 Å². The lowest BCUT2D eigenvalue weighted by Crippen LogP contribution is -2.50. The average molecular weight is 275 g/mol. The van der Waals surface area contributed by atoms with Crippen LogP contribution in [-0.4, -0.2) is 34.6 Å². The molecule has 20 heavy (non-hydrogen) atoms. The van der Waals surface area contributed by atoms with Crippen molar-refractivity contribution in [2.45, 2.75) is 18.9 Å². The van der Waals surface area contributed by atoms with Crippen molar-refractivity contribution in [3.05, 3.63) is 36.0 Å². The molecule has 2 aromatic rings. The molecule has 0 aliphatic rings. The van der Waals surface area contributed by atoms with Gasteiger partial charge in [0.25, 0.3) is 0 Å². The summed E-state index contributed by atoms with van der Waals surface area (Å²) in [4.78, 5) is 25.3. The highest BCUT2D eigenvalue weighted by Gasteiger charge is 2.12. The van der Waals surface area contributed by atoms with Crippen molar-refractivity contribution in [2.75, 3.05) is 6.61 Å². The lowest BCUT2D eigenvalue weighted by atomic mass is 10.1. The zero-order valence-electron chi connectivity index (χ0n) is 10.8. The number of aryl methyl sites for hydroxylation is 1. The Morgan fingerprint density at radius 2 is 2.10 bits per heavy atom. The van der Waals surface area contributed by atoms with Gasteiger partial charge in [-0.15, -0.1) is 0 Å². The van der Waals surface area contributed by atoms with E-state index in [-0.39, 0.29) is 6.42 Å². The number of aliphatic carboxylic acids is 1. The van der Waals surface area contributed by atoms with Crippen LogP contribution < -0.4 is 10.4 Å². The van der Waals surface area contributed by atoms with Gasteiger partial charge in [0.1, 0.15) is 0 Å². The van der Waals surface area contributed by atoms with Crippen molar-refractivity contribution in [1.29, 1.82) is 0 Å². The Bertz CT molecular complexity index is 620. The predicted molar refractivity (Wildman–Crippen MR) is 70.6 cm³/mol. The number of aromatic amines is 1. The first-order valence-corrected chi connectivity index (χ1v) is 6.28. The van der Waals surface area contributed by atoms with E-state index in [9.17, 15) is 14.7 Å². The molecule has 0 spiro atoms. The molecule has 0 aliphatic heterocycles. The molecule has 6 heteroatoms. The van der Waals surface area contributed by atoms with E-state index in [1.165, 1.54) is 0 Å². The summed E-state index contributed by atoms with van der Waals surface area (Å²) in [5.41, 5.74) is 1.98. The van der Waals surface area contributed by atoms with Crippen LogP contribution in [0.5, 0.6) is 0 Å². The Kier molecular flexibility index (Phi) is 4.37. The number of amides is 1. The fourth-order valence-corrected chi connectivity index (χ4v) is 2.03. The summed E-state index contributed by atoms with van der Waals surface area (Å²) in [5.74, 6) is -1.92. The smallest absolute Gasteiger partial charge is 0.220 e. The number of fused-ring (bicyclic) bond motifs is 1. The number of rotatable bonds is 6. The van der Waals surface area contributed by atoms with Gasteiger partial charge in [-0.25, -0.2) is 0 Å². The van der Waals surface area contributed by atoms with Crippen LogP contribution >= 0.6 is 0 Å². The summed E-state index contributed by atoms with van der Waals surface area (Å²) in [5, 5.41) is 22.6. The molecule has 1 heterocycles. The van der Waals surface area contributed by atoms with Gasteiger partial charge in [-0.05, 0) is 18.1 Å². The van der Waals surface area contributed by atoms with Crippen LogP contribution in [0.3, 0.4) is 0 Å². The first kappa shape index (κ1) is 14.1. The molecule has 6 nitrogen and oxygen atoms in total. The van der Waals surface area contributed by atoms with Crippen LogP contribution in [0, 0.1) is 0 Å². The molecule has 0 radical (unpaired) electrons. The Labute approximate surface area is 115 Å². The van der Waals surface area contributed by atoms with Crippen LogP contribution in [0.15, 0.2) is 30.5 Å². The number of hydrogen-bond acceptors (Lipinski definition) is 4. The number of carboxylic acid groups (broad SMARTS) is 1. The first-order valence-electron chi connectivity index (χ1n) is 6.28. The van der Waals surface area contributed by atoms with Crippen molar-refractivity contribution < 1.29 is 19.8 Å². The van der Waals surface area contributed by atoms with Gasteiger partial charge in [-0.1, -0.05) is 18.2 Å². The molecule has 0 unspecified atom stereocenters. The molecular formula is C14H15N2O4-. The van der Waals surface area contributed by atoms with Crippen molar-refractivity contribution >= 4 is 22.8 Å². The lowest BCUT2D eigenvalue weighted by Gasteiger charge is -2.16. The van der Waals surface area contributed by atoms with E-state index in [4.69, 9.17) is 5.11 Å². The summed E-state index contributed by atoms with van der Waals surface area (Å²) in [6.45, 7) is -0.679. The SMILES string of the molecule is O=C(CCc1c[nH]c2ccccc12)N[C@H](CO)C(=O)[O-]. The second kappa shape index (κ2) is 6.21. The molecule has 0 saturated carbocycles. The minimum Gasteiger partial charge on any atom is -0.548 e. The van der Waals surface area contributed by atoms with Gasteiger partial charge in [-0.3, -0.25) is 4.79 Å². The van der Waals surface area contributed by atoms with Gasteiger partial charge in [0.15, 0.2) is 0 Å². The van der Waals surface area contributed by atoms with Crippen LogP contribution in [0.25, 0.3) is 10.9 Å². The Balaban J connectivity index is 1.95. The van der Waals surface area contributed by atoms with Crippen molar-refractivity contribution in [3.63, 3.8) is 0 Å². The normalized spacial score (nSPS) is 12.2. The molecule has 0 bridgehead atoms. The minimum atomic E-state index is -1.49. The van der Waals surface area contributed by atoms with Crippen LogP contribution in [-0.2, 0) is 16.0 Å². The maximum absolute atomic E-state index is 11.6. The number of aromatic nitrogens is 1. The molecule has 1 atom stereocenters. The molecular weight excluding hydrogens is 260 g/mol. The average Bonchev–Trinajstić information content (AvgIpc) is 2.85. The Hall–Kier alpha value is -2.34. The Morgan fingerprint density at radius 3 is 2.80 bits per heavy atom. The maximum atomic E-state index is 11.6. The molecule has 1 aromatic heterocycles. The standard InChI is InChI=1S/C14H16N2O4/c17-8-12(14(19)20)16-13(18)6-5-9-7-15-11-4-2-1-3-10(9)11/h1-4,7,12,15,17H,5-6,8H2,(H,16,18)(H,19,20)/p-1/t12-/m1/s1. The molecule has 106 valence electrons. The van der Waals surface area contributed by atoms with Gasteiger partial charge in [-0.2, -0.15) is 0 Å². The quantitative estimate of drug-likeness (QED) is 0.650. The van der Waals surface area contributed by atoms with Crippen LogP contribution in [0.1, 0.15) is 12.0 Å². The summed E-state index contributed by atoms with van der Waals surface area (Å²) in [6.07, 6.45) is 2.47. The molecule has 0 saturated heterocycles. The third-order valence-corrected chi connectivity index (χ3v) is 3.10. The topological polar surface area (TPSA) is 105 Å². The van der Waals surface area contributed by atoms with Crippen LogP contribution in [0.2, 0.25) is 0 Å². The molecule has 2 rings (SSSR count). The molecule has 1 aromatic carbocycles. The largest absolute Gasteiger partial charge is 0.548 e. The summed E-state index contributed by atoms with van der Waals surface area (Å²) < 4.78 is 0. The number of para-hydroxylation sites is 1. The maximum Gasteiger partial charge on any atom is 0.220 e. The summed E-state index contributed by atoms with van der Waals surface area (Å²) in [7, 11) is 0. The van der Waals surface area contributed by atoms with Gasteiger partial charge in [0.05, 0.1) is 18.6 Å². The number of hydrogen-bond donors (Lipinski definition) is 3. The van der Waals surface area contributed by atoms with E-state index in [1.807, 2.05) is 30.5 Å². The van der Waals surface area contributed by atoms with Gasteiger partial charge in [0, 0.05) is 23.5 Å². The van der Waals surface area contributed by atoms with E-state index in [0.717, 1.165) is 16.5 Å². The zero-order chi connectivity index (χ0) is 14.5. The number of benzene rings is 1. The Morgan fingerprint density at radius 1 is 1.35 bits per heavy atom. The number of aliphatic hydroxyl groups excluding tert-OH is 1. The van der Waals surface area contributed by atoms with Gasteiger partial charge in [0.2, 0.25) is 5.91 Å². The van der Waals surface area contributed by atoms with E-state index < -0.39 is 24.5 Å². The fourth-order valence-electron chi connectivity index (χ4n) is 2.03. The fraction of sp³-hybridized carbons (Fsp3) is 0.286. The highest BCUT2D eigenvalue weighted by Crippen LogP contribution is 2.18. The number of carboxylic acids is 1. The summed E-state index contributed by atoms with van der Waals surface area (Å²) in [6, 6.07) is 6.37. The second-order valence-corrected chi connectivity index (χ2v) is 4.48. The molecule has 3 N–H and O–H groups in total. The third kappa shape index (κ3) is 3.16. The second-order valence-electron chi connectivity index (χ2n) is 4.48. The highest BCUT2D eigenvalue weighted by molar-refractivity contribution is 5.85. The number of H-pyrrole nitrogens is 1. The number of carbonyl (C=O) groups excluding carboxylic acids is 2. The monoisotopic (exact) mass is 275 g/mol. The lowest BCUT2D eigenvalue weighted by molar-refractivity contribution is -0.309. The number of carbonyl (C=O) groups is 2. The van der Waals surface area contributed by atoms with E-state index in [0.29, 0.717) is 6.42 Å². The van der Waals surface area contributed by atoms with E-state index >= 15 is 0 Å². The predicted octanol–water partition coefficient (Wildman–Crippen LogP) is -0.673. The first-order chi connectivity index (χ1) is 9.61. The van der Waals surface area contributed by atoms with Crippen LogP contribution in [0.4, 0.5) is 0 Å². The molecule has 0 aliphatic carbocycles. The number of aliphatic hydroxyl groups is 1. The molecule has 0 fully saturated rings. The molecule has 1 amide bonds. The number of nitrogens with one attached hydrogen (secondary N) is 2. The van der Waals surface area contributed by atoms with Crippen molar-refractivity contribution in [1.82, 2.24) is 10.3 Å². The minimum absolute atomic E-state index is 0.144. The van der Waals surface area contributed by atoms with Gasteiger partial charge < -0.3 is 25.3 Å². The van der Waals surface area contributed by atoms with E-state index in [1.54, 1.807) is 0 Å². The highest BCUT2D eigenvalue weighted by atomic mass is 16.4.